The Bertz CT molecular complexity index is 541. The van der Waals surface area contributed by atoms with Gasteiger partial charge in [-0.05, 0) is 54.7 Å². The molecule has 18 heavy (non-hydrogen) atoms. The van der Waals surface area contributed by atoms with E-state index in [0.717, 1.165) is 23.4 Å². The van der Waals surface area contributed by atoms with Gasteiger partial charge in [-0.3, -0.25) is 0 Å². The molecular formula is C15H15NOS. The number of hydrogen-bond donors (Lipinski definition) is 1. The van der Waals surface area contributed by atoms with Crippen LogP contribution in [-0.4, -0.2) is 4.55 Å². The van der Waals surface area contributed by atoms with Crippen molar-refractivity contribution in [2.75, 3.05) is 4.72 Å². The molecule has 0 saturated carbocycles. The number of benzene rings is 2. The molecular weight excluding hydrogens is 242 g/mol. The van der Waals surface area contributed by atoms with Gasteiger partial charge in [-0.2, -0.15) is 0 Å². The summed E-state index contributed by atoms with van der Waals surface area (Å²) in [6.45, 7) is 0. The molecule has 1 atom stereocenters. The summed E-state index contributed by atoms with van der Waals surface area (Å²) >= 11 is -1.18. The van der Waals surface area contributed by atoms with Gasteiger partial charge in [0.15, 0.2) is 4.90 Å². The maximum atomic E-state index is 12.2. The predicted octanol–water partition coefficient (Wildman–Crippen LogP) is 3.31. The Morgan fingerprint density at radius 2 is 1.72 bits per heavy atom. The van der Waals surface area contributed by atoms with Crippen molar-refractivity contribution >= 4 is 17.0 Å². The highest BCUT2D eigenvalue weighted by Gasteiger charge is 2.17. The van der Waals surface area contributed by atoms with Gasteiger partial charge in [0.1, 0.15) is 11.4 Å². The summed E-state index contributed by atoms with van der Waals surface area (Å²) in [6.07, 6.45) is 3.50. The molecule has 0 saturated heterocycles. The molecule has 0 aliphatic heterocycles. The second kappa shape index (κ2) is 5.04. The highest BCUT2D eigenvalue weighted by atomic mass is 32.2. The highest BCUT2D eigenvalue weighted by Crippen LogP contribution is 2.25. The molecule has 2 nitrogen and oxygen atoms in total. The smallest absolute Gasteiger partial charge is 0.180 e. The fourth-order valence-corrected chi connectivity index (χ4v) is 3.24. The van der Waals surface area contributed by atoms with Crippen molar-refractivity contribution in [2.45, 2.75) is 24.2 Å². The molecule has 0 heterocycles. The molecule has 1 aliphatic rings. The normalized spacial score (nSPS) is 15.2. The molecule has 0 aromatic heterocycles. The van der Waals surface area contributed by atoms with E-state index in [1.165, 1.54) is 17.5 Å². The number of anilines is 1. The van der Waals surface area contributed by atoms with Crippen LogP contribution in [-0.2, 0) is 24.2 Å². The minimum absolute atomic E-state index is 0.861. The SMILES string of the molecule is [O-][S+](Nc1ccccc1)c1ccc2c(c1)CCC2. The predicted molar refractivity (Wildman–Crippen MR) is 74.9 cm³/mol. The Hall–Kier alpha value is -1.45. The summed E-state index contributed by atoms with van der Waals surface area (Å²) in [5, 5.41) is 0. The van der Waals surface area contributed by atoms with Crippen LogP contribution < -0.4 is 4.72 Å². The molecule has 3 rings (SSSR count). The van der Waals surface area contributed by atoms with Crippen molar-refractivity contribution < 1.29 is 4.55 Å². The van der Waals surface area contributed by atoms with Crippen LogP contribution in [0, 0.1) is 0 Å². The van der Waals surface area contributed by atoms with Crippen molar-refractivity contribution in [2.24, 2.45) is 0 Å². The zero-order chi connectivity index (χ0) is 12.4. The third-order valence-corrected chi connectivity index (χ3v) is 4.37. The van der Waals surface area contributed by atoms with Gasteiger partial charge in [0, 0.05) is 0 Å². The van der Waals surface area contributed by atoms with Crippen molar-refractivity contribution in [3.63, 3.8) is 0 Å². The average Bonchev–Trinajstić information content (AvgIpc) is 2.87. The lowest BCUT2D eigenvalue weighted by molar-refractivity contribution is 0.600. The molecule has 1 N–H and O–H groups in total. The van der Waals surface area contributed by atoms with E-state index in [0.29, 0.717) is 0 Å². The molecule has 0 bridgehead atoms. The monoisotopic (exact) mass is 257 g/mol. The van der Waals surface area contributed by atoms with E-state index in [1.54, 1.807) is 0 Å². The molecule has 3 heteroatoms. The van der Waals surface area contributed by atoms with E-state index in [9.17, 15) is 4.55 Å². The van der Waals surface area contributed by atoms with Crippen LogP contribution in [0.25, 0.3) is 0 Å². The lowest BCUT2D eigenvalue weighted by Crippen LogP contribution is -2.13. The van der Waals surface area contributed by atoms with Crippen LogP contribution >= 0.6 is 0 Å². The lowest BCUT2D eigenvalue weighted by atomic mass is 10.1. The third kappa shape index (κ3) is 2.37. The Labute approximate surface area is 110 Å². The molecule has 2 aromatic rings. The zero-order valence-electron chi connectivity index (χ0n) is 10.1. The number of aryl methyl sites for hydroxylation is 2. The third-order valence-electron chi connectivity index (χ3n) is 3.27. The first-order chi connectivity index (χ1) is 8.83. The average molecular weight is 257 g/mol. The molecule has 1 unspecified atom stereocenters. The number of fused-ring (bicyclic) bond motifs is 1. The summed E-state index contributed by atoms with van der Waals surface area (Å²) in [4.78, 5) is 0.861. The molecule has 0 radical (unpaired) electrons. The van der Waals surface area contributed by atoms with Gasteiger partial charge in [-0.1, -0.05) is 24.3 Å². The molecule has 0 spiro atoms. The first kappa shape index (κ1) is 11.6. The summed E-state index contributed by atoms with van der Waals surface area (Å²) in [7, 11) is 0. The Morgan fingerprint density at radius 3 is 2.56 bits per heavy atom. The van der Waals surface area contributed by atoms with Gasteiger partial charge < -0.3 is 4.55 Å². The minimum Gasteiger partial charge on any atom is -0.588 e. The van der Waals surface area contributed by atoms with Crippen LogP contribution in [0.4, 0.5) is 5.69 Å². The maximum Gasteiger partial charge on any atom is 0.180 e. The molecule has 2 aromatic carbocycles. The highest BCUT2D eigenvalue weighted by molar-refractivity contribution is 7.92. The summed E-state index contributed by atoms with van der Waals surface area (Å²) in [5.41, 5.74) is 3.66. The van der Waals surface area contributed by atoms with Crippen molar-refractivity contribution in [1.82, 2.24) is 0 Å². The topological polar surface area (TPSA) is 35.1 Å². The van der Waals surface area contributed by atoms with Gasteiger partial charge in [-0.15, -0.1) is 0 Å². The second-order valence-corrected chi connectivity index (χ2v) is 5.73. The Morgan fingerprint density at radius 1 is 0.944 bits per heavy atom. The number of rotatable bonds is 3. The number of nitrogens with one attached hydrogen (secondary N) is 1. The van der Waals surface area contributed by atoms with E-state index < -0.39 is 11.4 Å². The minimum atomic E-state index is -1.18. The van der Waals surface area contributed by atoms with Gasteiger partial charge in [0.2, 0.25) is 0 Å². The largest absolute Gasteiger partial charge is 0.588 e. The van der Waals surface area contributed by atoms with Gasteiger partial charge >= 0.3 is 0 Å². The first-order valence-electron chi connectivity index (χ1n) is 6.18. The van der Waals surface area contributed by atoms with Gasteiger partial charge in [0.25, 0.3) is 0 Å². The Kier molecular flexibility index (Phi) is 3.26. The van der Waals surface area contributed by atoms with E-state index in [2.05, 4.69) is 16.9 Å². The van der Waals surface area contributed by atoms with Crippen LogP contribution in [0.5, 0.6) is 0 Å². The van der Waals surface area contributed by atoms with Crippen molar-refractivity contribution in [3.8, 4) is 0 Å². The zero-order valence-corrected chi connectivity index (χ0v) is 10.9. The summed E-state index contributed by atoms with van der Waals surface area (Å²) in [6, 6.07) is 15.8. The standard InChI is InChI=1S/C15H15NOS/c17-18(16-14-7-2-1-3-8-14)15-10-9-12-5-4-6-13(12)11-15/h1-3,7-11,16H,4-6H2. The fraction of sp³-hybridized carbons (Fsp3) is 0.200. The first-order valence-corrected chi connectivity index (χ1v) is 7.33. The summed E-state index contributed by atoms with van der Waals surface area (Å²) in [5.74, 6) is 0. The fourth-order valence-electron chi connectivity index (χ4n) is 2.34. The quantitative estimate of drug-likeness (QED) is 0.856. The Balaban J connectivity index is 1.78. The van der Waals surface area contributed by atoms with Crippen LogP contribution in [0.1, 0.15) is 17.5 Å². The van der Waals surface area contributed by atoms with Crippen LogP contribution in [0.3, 0.4) is 0 Å². The molecule has 0 fully saturated rings. The lowest BCUT2D eigenvalue weighted by Gasteiger charge is -2.12. The summed E-state index contributed by atoms with van der Waals surface area (Å²) < 4.78 is 15.2. The number of para-hydroxylation sites is 1. The molecule has 92 valence electrons. The van der Waals surface area contributed by atoms with E-state index in [1.807, 2.05) is 36.4 Å². The van der Waals surface area contributed by atoms with E-state index >= 15 is 0 Å². The molecule has 0 amide bonds. The van der Waals surface area contributed by atoms with E-state index in [4.69, 9.17) is 0 Å². The van der Waals surface area contributed by atoms with Crippen molar-refractivity contribution in [1.29, 1.82) is 0 Å². The second-order valence-electron chi connectivity index (χ2n) is 4.52. The maximum absolute atomic E-state index is 12.2. The van der Waals surface area contributed by atoms with Crippen molar-refractivity contribution in [3.05, 3.63) is 59.7 Å². The van der Waals surface area contributed by atoms with Gasteiger partial charge in [-0.25, -0.2) is 4.72 Å². The molecule has 1 aliphatic carbocycles. The van der Waals surface area contributed by atoms with E-state index in [-0.39, 0.29) is 0 Å². The van der Waals surface area contributed by atoms with Crippen LogP contribution in [0.2, 0.25) is 0 Å². The van der Waals surface area contributed by atoms with Gasteiger partial charge in [0.05, 0.1) is 5.69 Å². The number of hydrogen-bond acceptors (Lipinski definition) is 2. The van der Waals surface area contributed by atoms with Crippen LogP contribution in [0.15, 0.2) is 53.4 Å².